The zero-order valence-electron chi connectivity index (χ0n) is 10.8. The van der Waals surface area contributed by atoms with Crippen LogP contribution >= 0.6 is 15.9 Å². The minimum atomic E-state index is -0.463. The van der Waals surface area contributed by atoms with Crippen molar-refractivity contribution in [1.29, 1.82) is 0 Å². The topological polar surface area (TPSA) is 0 Å². The van der Waals surface area contributed by atoms with E-state index in [1.54, 1.807) is 0 Å². The Morgan fingerprint density at radius 2 is 1.75 bits per heavy atom. The molecule has 0 aromatic heterocycles. The molecule has 1 heteroatoms. The van der Waals surface area contributed by atoms with Crippen molar-refractivity contribution in [3.8, 4) is 11.1 Å². The molecule has 0 unspecified atom stereocenters. The molecule has 0 nitrogen and oxygen atoms in total. The van der Waals surface area contributed by atoms with Crippen LogP contribution in [0.25, 0.3) is 11.1 Å². The summed E-state index contributed by atoms with van der Waals surface area (Å²) >= 11 is 3.50. The van der Waals surface area contributed by atoms with E-state index in [1.807, 2.05) is 18.2 Å². The van der Waals surface area contributed by atoms with Crippen LogP contribution in [0.1, 0.15) is 27.7 Å². The van der Waals surface area contributed by atoms with E-state index < -0.39 is 5.41 Å². The van der Waals surface area contributed by atoms with Crippen LogP contribution in [0.2, 0.25) is 0 Å². The predicted molar refractivity (Wildman–Crippen MR) is 71.7 cm³/mol. The molecule has 0 amide bonds. The van der Waals surface area contributed by atoms with Gasteiger partial charge in [-0.2, -0.15) is 0 Å². The Labute approximate surface area is 107 Å². The lowest BCUT2D eigenvalue weighted by Gasteiger charge is -2.21. The molecule has 16 heavy (non-hydrogen) atoms. The van der Waals surface area contributed by atoms with Crippen LogP contribution in [0.4, 0.5) is 0 Å². The Balaban J connectivity index is 2.38. The van der Waals surface area contributed by atoms with Gasteiger partial charge in [0.05, 0.1) is 0 Å². The summed E-state index contributed by atoms with van der Waals surface area (Å²) in [4.78, 5) is 0. The molecule has 0 bridgehead atoms. The van der Waals surface area contributed by atoms with Gasteiger partial charge in [0.2, 0.25) is 0 Å². The molecule has 0 heterocycles. The summed E-state index contributed by atoms with van der Waals surface area (Å²) in [6.45, 7) is 0.438. The standard InChI is InChI=1S/C15H13Br/c1-15(2)13-6-4-3-5-11(13)12-8-7-10(16)9-14(12)15/h3-9H,1-2H3/i1D,2D. The van der Waals surface area contributed by atoms with Crippen molar-refractivity contribution in [3.05, 3.63) is 58.1 Å². The Kier molecular flexibility index (Phi) is 1.62. The number of halogens is 1. The molecule has 0 saturated carbocycles. The van der Waals surface area contributed by atoms with Gasteiger partial charge in [-0.15, -0.1) is 0 Å². The molecular formula is C15H13Br. The second kappa shape index (κ2) is 3.21. The number of hydrogen-bond acceptors (Lipinski definition) is 0. The van der Waals surface area contributed by atoms with E-state index in [0.717, 1.165) is 15.6 Å². The third-order valence-electron chi connectivity index (χ3n) is 3.23. The maximum Gasteiger partial charge on any atom is 0.0243 e. The minimum absolute atomic E-state index is 0.219. The second-order valence-electron chi connectivity index (χ2n) is 4.32. The van der Waals surface area contributed by atoms with E-state index >= 15 is 0 Å². The summed E-state index contributed by atoms with van der Waals surface area (Å²) in [5.41, 5.74) is 4.13. The van der Waals surface area contributed by atoms with Crippen LogP contribution in [-0.4, -0.2) is 0 Å². The Morgan fingerprint density at radius 3 is 2.56 bits per heavy atom. The monoisotopic (exact) mass is 274 g/mol. The molecule has 80 valence electrons. The summed E-state index contributed by atoms with van der Waals surface area (Å²) in [6, 6.07) is 14.4. The lowest BCUT2D eigenvalue weighted by atomic mass is 9.82. The number of benzene rings is 2. The normalized spacial score (nSPS) is 17.3. The van der Waals surface area contributed by atoms with E-state index in [1.165, 1.54) is 11.1 Å². The SMILES string of the molecule is [2H]CC1(C[2H])c2ccccc2-c2ccc(Br)cc21. The predicted octanol–water partition coefficient (Wildman–Crippen LogP) is 4.76. The van der Waals surface area contributed by atoms with Gasteiger partial charge >= 0.3 is 0 Å². The first-order valence-electron chi connectivity index (χ1n) is 6.63. The average Bonchev–Trinajstić information content (AvgIpc) is 2.68. The largest absolute Gasteiger partial charge is 0.0619 e. The lowest BCUT2D eigenvalue weighted by molar-refractivity contribution is 0.660. The van der Waals surface area contributed by atoms with E-state index in [2.05, 4.69) is 40.2 Å². The van der Waals surface area contributed by atoms with Gasteiger partial charge in [-0.25, -0.2) is 0 Å². The van der Waals surface area contributed by atoms with Gasteiger partial charge in [-0.3, -0.25) is 0 Å². The minimum Gasteiger partial charge on any atom is -0.0619 e. The highest BCUT2D eigenvalue weighted by Gasteiger charge is 2.34. The third-order valence-corrected chi connectivity index (χ3v) is 3.72. The summed E-state index contributed by atoms with van der Waals surface area (Å²) in [5, 5.41) is 0. The fourth-order valence-electron chi connectivity index (χ4n) is 2.43. The third kappa shape index (κ3) is 1.21. The van der Waals surface area contributed by atoms with E-state index in [9.17, 15) is 0 Å². The molecule has 2 aromatic carbocycles. The number of fused-ring (bicyclic) bond motifs is 3. The highest BCUT2D eigenvalue weighted by molar-refractivity contribution is 9.10. The van der Waals surface area contributed by atoms with Gasteiger partial charge < -0.3 is 0 Å². The van der Waals surface area contributed by atoms with Crippen LogP contribution in [0.3, 0.4) is 0 Å². The summed E-state index contributed by atoms with van der Waals surface area (Å²) < 4.78 is 16.9. The van der Waals surface area contributed by atoms with Gasteiger partial charge in [-0.1, -0.05) is 60.1 Å². The van der Waals surface area contributed by atoms with Crippen molar-refractivity contribution in [1.82, 2.24) is 0 Å². The van der Waals surface area contributed by atoms with Gasteiger partial charge in [0.25, 0.3) is 0 Å². The van der Waals surface area contributed by atoms with Gasteiger partial charge in [0.15, 0.2) is 0 Å². The molecule has 0 saturated heterocycles. The van der Waals surface area contributed by atoms with E-state index in [4.69, 9.17) is 2.74 Å². The molecule has 0 radical (unpaired) electrons. The van der Waals surface area contributed by atoms with Crippen molar-refractivity contribution in [2.24, 2.45) is 0 Å². The summed E-state index contributed by atoms with van der Waals surface area (Å²) in [5.74, 6) is 0. The molecule has 0 aliphatic heterocycles. The fraction of sp³-hybridized carbons (Fsp3) is 0.200. The highest BCUT2D eigenvalue weighted by atomic mass is 79.9. The first-order chi connectivity index (χ1) is 8.73. The molecule has 0 fully saturated rings. The van der Waals surface area contributed by atoms with Crippen LogP contribution in [0, 0.1) is 0 Å². The van der Waals surface area contributed by atoms with Crippen LogP contribution in [0.15, 0.2) is 46.9 Å². The average molecular weight is 275 g/mol. The molecule has 0 spiro atoms. The maximum absolute atomic E-state index is 7.94. The van der Waals surface area contributed by atoms with Crippen molar-refractivity contribution in [3.63, 3.8) is 0 Å². The van der Waals surface area contributed by atoms with Gasteiger partial charge in [-0.05, 0) is 34.4 Å². The molecule has 0 N–H and O–H groups in total. The summed E-state index contributed by atoms with van der Waals surface area (Å²) in [6.07, 6.45) is 0. The molecular weight excluding hydrogens is 260 g/mol. The molecule has 2 aromatic rings. The quantitative estimate of drug-likeness (QED) is 0.650. The smallest absolute Gasteiger partial charge is 0.0243 e. The highest BCUT2D eigenvalue weighted by Crippen LogP contribution is 2.48. The van der Waals surface area contributed by atoms with Crippen LogP contribution in [0.5, 0.6) is 0 Å². The number of hydrogen-bond donors (Lipinski definition) is 0. The lowest BCUT2D eigenvalue weighted by Crippen LogP contribution is -2.14. The first-order valence-corrected chi connectivity index (χ1v) is 6.00. The van der Waals surface area contributed by atoms with Crippen LogP contribution in [-0.2, 0) is 5.41 Å². The molecule has 3 rings (SSSR count). The number of rotatable bonds is 0. The maximum atomic E-state index is 7.94. The molecule has 1 aliphatic rings. The van der Waals surface area contributed by atoms with Crippen molar-refractivity contribution in [2.75, 3.05) is 0 Å². The van der Waals surface area contributed by atoms with Crippen molar-refractivity contribution < 1.29 is 2.74 Å². The first kappa shape index (κ1) is 8.08. The fourth-order valence-corrected chi connectivity index (χ4v) is 2.79. The van der Waals surface area contributed by atoms with E-state index in [-0.39, 0.29) is 13.8 Å². The molecule has 1 aliphatic carbocycles. The van der Waals surface area contributed by atoms with Crippen LogP contribution < -0.4 is 0 Å². The van der Waals surface area contributed by atoms with Gasteiger partial charge in [0, 0.05) is 12.6 Å². The Hall–Kier alpha value is -1.08. The zero-order chi connectivity index (χ0) is 12.8. The van der Waals surface area contributed by atoms with Crippen molar-refractivity contribution in [2.45, 2.75) is 19.2 Å². The van der Waals surface area contributed by atoms with Gasteiger partial charge in [0.1, 0.15) is 0 Å². The summed E-state index contributed by atoms with van der Waals surface area (Å²) in [7, 11) is 0. The zero-order valence-corrected chi connectivity index (χ0v) is 10.4. The second-order valence-corrected chi connectivity index (χ2v) is 5.23. The van der Waals surface area contributed by atoms with Crippen molar-refractivity contribution >= 4 is 15.9 Å². The molecule has 0 atom stereocenters. The van der Waals surface area contributed by atoms with E-state index in [0.29, 0.717) is 0 Å². The Morgan fingerprint density at radius 1 is 1.00 bits per heavy atom. The Bertz CT molecular complexity index is 603.